The number of thioether (sulfide) groups is 1. The van der Waals surface area contributed by atoms with Gasteiger partial charge in [-0.05, 0) is 67.8 Å². The highest BCUT2D eigenvalue weighted by atomic mass is 32.2. The largest absolute Gasteiger partial charge is 0.494 e. The van der Waals surface area contributed by atoms with Crippen LogP contribution in [0.15, 0.2) is 90.0 Å². The number of aromatic nitrogens is 2. The van der Waals surface area contributed by atoms with Crippen LogP contribution in [0, 0.1) is 6.92 Å². The van der Waals surface area contributed by atoms with E-state index in [1.165, 1.54) is 17.3 Å². The van der Waals surface area contributed by atoms with Crippen molar-refractivity contribution in [3.8, 4) is 22.7 Å². The lowest BCUT2D eigenvalue weighted by atomic mass is 10.0. The van der Waals surface area contributed by atoms with Gasteiger partial charge in [0.05, 0.1) is 17.2 Å². The van der Waals surface area contributed by atoms with E-state index in [-0.39, 0.29) is 5.91 Å². The molecular weight excluding hydrogens is 498 g/mol. The van der Waals surface area contributed by atoms with E-state index in [4.69, 9.17) is 22.1 Å². The van der Waals surface area contributed by atoms with Crippen molar-refractivity contribution < 1.29 is 9.53 Å². The lowest BCUT2D eigenvalue weighted by molar-refractivity contribution is -0.122. The highest BCUT2D eigenvalue weighted by molar-refractivity contribution is 8.26. The van der Waals surface area contributed by atoms with Gasteiger partial charge in [-0.15, -0.1) is 0 Å². The third-order valence-electron chi connectivity index (χ3n) is 6.15. The van der Waals surface area contributed by atoms with Gasteiger partial charge in [-0.2, -0.15) is 5.10 Å². The maximum atomic E-state index is 13.4. The third-order valence-corrected chi connectivity index (χ3v) is 7.53. The summed E-state index contributed by atoms with van der Waals surface area (Å²) >= 11 is 6.93. The van der Waals surface area contributed by atoms with Gasteiger partial charge in [-0.25, -0.2) is 4.68 Å². The number of thiocarbonyl (C=S) groups is 1. The van der Waals surface area contributed by atoms with Crippen LogP contribution >= 0.6 is 24.0 Å². The summed E-state index contributed by atoms with van der Waals surface area (Å²) in [5.41, 5.74) is 5.83. The van der Waals surface area contributed by atoms with Crippen LogP contribution in [0.25, 0.3) is 23.0 Å². The fraction of sp³-hybridized carbons (Fsp3) is 0.167. The molecule has 0 bridgehead atoms. The summed E-state index contributed by atoms with van der Waals surface area (Å²) in [7, 11) is 0. The number of rotatable bonds is 8. The van der Waals surface area contributed by atoms with E-state index in [9.17, 15) is 4.79 Å². The Kier molecular flexibility index (Phi) is 7.53. The molecule has 1 aliphatic heterocycles. The van der Waals surface area contributed by atoms with Crippen molar-refractivity contribution in [2.45, 2.75) is 20.3 Å². The lowest BCUT2D eigenvalue weighted by Gasteiger charge is -2.14. The van der Waals surface area contributed by atoms with Gasteiger partial charge < -0.3 is 4.74 Å². The molecule has 0 aliphatic carbocycles. The summed E-state index contributed by atoms with van der Waals surface area (Å²) in [6.45, 7) is 5.18. The van der Waals surface area contributed by atoms with Crippen LogP contribution in [0.4, 0.5) is 0 Å². The van der Waals surface area contributed by atoms with Gasteiger partial charge in [0.15, 0.2) is 0 Å². The first-order valence-corrected chi connectivity index (χ1v) is 13.4. The molecule has 7 heteroatoms. The highest BCUT2D eigenvalue weighted by Gasteiger charge is 2.32. The fourth-order valence-corrected chi connectivity index (χ4v) is 5.59. The molecule has 5 nitrogen and oxygen atoms in total. The van der Waals surface area contributed by atoms with E-state index in [0.717, 1.165) is 40.2 Å². The number of nitrogens with zero attached hydrogens (tertiary/aromatic N) is 3. The Morgan fingerprint density at radius 2 is 1.76 bits per heavy atom. The van der Waals surface area contributed by atoms with Crippen LogP contribution in [0.3, 0.4) is 0 Å². The Labute approximate surface area is 226 Å². The SMILES string of the molecule is CCOc1ccc(-c2nn(-c3ccccc3)cc2C=C2SC(=S)N(CCc3ccccc3)C2=O)c(C)c1. The van der Waals surface area contributed by atoms with Crippen molar-refractivity contribution in [1.29, 1.82) is 0 Å². The molecule has 0 spiro atoms. The van der Waals surface area contributed by atoms with E-state index in [0.29, 0.717) is 22.4 Å². The van der Waals surface area contributed by atoms with Gasteiger partial charge in [0.25, 0.3) is 5.91 Å². The smallest absolute Gasteiger partial charge is 0.266 e. The molecule has 0 N–H and O–H groups in total. The maximum absolute atomic E-state index is 13.4. The van der Waals surface area contributed by atoms with Crippen molar-refractivity contribution in [2.24, 2.45) is 0 Å². The van der Waals surface area contributed by atoms with Crippen molar-refractivity contribution in [2.75, 3.05) is 13.2 Å². The summed E-state index contributed by atoms with van der Waals surface area (Å²) < 4.78 is 8.12. The van der Waals surface area contributed by atoms with E-state index >= 15 is 0 Å². The molecule has 1 fully saturated rings. The molecule has 1 aliphatic rings. The molecule has 0 unspecified atom stereocenters. The number of ether oxygens (including phenoxy) is 1. The molecule has 3 aromatic carbocycles. The molecule has 0 radical (unpaired) electrons. The Morgan fingerprint density at radius 1 is 1.03 bits per heavy atom. The topological polar surface area (TPSA) is 47.4 Å². The van der Waals surface area contributed by atoms with Crippen molar-refractivity contribution >= 4 is 40.3 Å². The average molecular weight is 526 g/mol. The zero-order valence-corrected chi connectivity index (χ0v) is 22.4. The quantitative estimate of drug-likeness (QED) is 0.189. The van der Waals surface area contributed by atoms with Crippen LogP contribution in [-0.2, 0) is 11.2 Å². The number of benzene rings is 3. The van der Waals surface area contributed by atoms with Crippen LogP contribution in [0.1, 0.15) is 23.6 Å². The minimum absolute atomic E-state index is 0.0623. The summed E-state index contributed by atoms with van der Waals surface area (Å²) in [6.07, 6.45) is 4.64. The first-order valence-electron chi connectivity index (χ1n) is 12.2. The zero-order chi connectivity index (χ0) is 25.8. The summed E-state index contributed by atoms with van der Waals surface area (Å²) in [5.74, 6) is 0.764. The fourth-order valence-electron chi connectivity index (χ4n) is 4.29. The molecule has 1 amide bonds. The average Bonchev–Trinajstić information content (AvgIpc) is 3.44. The third kappa shape index (κ3) is 5.53. The van der Waals surface area contributed by atoms with Gasteiger partial charge in [0, 0.05) is 23.9 Å². The van der Waals surface area contributed by atoms with Crippen LogP contribution < -0.4 is 4.74 Å². The zero-order valence-electron chi connectivity index (χ0n) is 20.8. The Morgan fingerprint density at radius 3 is 2.46 bits per heavy atom. The predicted molar refractivity (Wildman–Crippen MR) is 155 cm³/mol. The number of hydrogen-bond donors (Lipinski definition) is 0. The molecule has 1 saturated heterocycles. The first kappa shape index (κ1) is 25.0. The number of carbonyl (C=O) groups excluding carboxylic acids is 1. The van der Waals surface area contributed by atoms with E-state index in [1.54, 1.807) is 4.90 Å². The van der Waals surface area contributed by atoms with Crippen molar-refractivity contribution in [1.82, 2.24) is 14.7 Å². The Balaban J connectivity index is 1.49. The van der Waals surface area contributed by atoms with E-state index in [2.05, 4.69) is 12.1 Å². The Hall–Kier alpha value is -3.68. The number of aryl methyl sites for hydroxylation is 1. The number of amides is 1. The second kappa shape index (κ2) is 11.2. The van der Waals surface area contributed by atoms with Crippen LogP contribution in [0.2, 0.25) is 0 Å². The molecule has 1 aromatic heterocycles. The number of hydrogen-bond acceptors (Lipinski definition) is 5. The molecule has 186 valence electrons. The number of para-hydroxylation sites is 1. The van der Waals surface area contributed by atoms with Gasteiger partial charge in [0.1, 0.15) is 15.8 Å². The molecule has 4 aromatic rings. The minimum Gasteiger partial charge on any atom is -0.494 e. The molecule has 5 rings (SSSR count). The second-order valence-electron chi connectivity index (χ2n) is 8.69. The van der Waals surface area contributed by atoms with Crippen LogP contribution in [-0.4, -0.2) is 38.1 Å². The molecule has 0 saturated carbocycles. The summed E-state index contributed by atoms with van der Waals surface area (Å²) in [5, 5.41) is 4.93. The van der Waals surface area contributed by atoms with Crippen molar-refractivity contribution in [3.63, 3.8) is 0 Å². The van der Waals surface area contributed by atoms with Crippen molar-refractivity contribution in [3.05, 3.63) is 107 Å². The maximum Gasteiger partial charge on any atom is 0.266 e. The van der Waals surface area contributed by atoms with Crippen LogP contribution in [0.5, 0.6) is 5.75 Å². The van der Waals surface area contributed by atoms with Gasteiger partial charge in [0.2, 0.25) is 0 Å². The standard InChI is InChI=1S/C30H27N3O2S2/c1-3-35-25-14-15-26(21(2)18-25)28-23(20-33(31-28)24-12-8-5-9-13-24)19-27-29(34)32(30(36)37-27)17-16-22-10-6-4-7-11-22/h4-15,18-20H,3,16-17H2,1-2H3. The molecule has 0 atom stereocenters. The van der Waals surface area contributed by atoms with E-state index < -0.39 is 0 Å². The normalized spacial score (nSPS) is 14.5. The Bertz CT molecular complexity index is 1460. The molecule has 2 heterocycles. The van der Waals surface area contributed by atoms with E-state index in [1.807, 2.05) is 97.5 Å². The highest BCUT2D eigenvalue weighted by Crippen LogP contribution is 2.36. The van der Waals surface area contributed by atoms with Gasteiger partial charge >= 0.3 is 0 Å². The summed E-state index contributed by atoms with van der Waals surface area (Å²) in [4.78, 5) is 15.7. The monoisotopic (exact) mass is 525 g/mol. The molecule has 37 heavy (non-hydrogen) atoms. The summed E-state index contributed by atoms with van der Waals surface area (Å²) in [6, 6.07) is 26.1. The van der Waals surface area contributed by atoms with Gasteiger partial charge in [-0.3, -0.25) is 9.69 Å². The molecular formula is C30H27N3O2S2. The first-order chi connectivity index (χ1) is 18.0. The predicted octanol–water partition coefficient (Wildman–Crippen LogP) is 6.69. The van der Waals surface area contributed by atoms with Gasteiger partial charge in [-0.1, -0.05) is 72.5 Å². The second-order valence-corrected chi connectivity index (χ2v) is 10.4. The number of carbonyl (C=O) groups is 1. The lowest BCUT2D eigenvalue weighted by Crippen LogP contribution is -2.30. The minimum atomic E-state index is -0.0623.